The summed E-state index contributed by atoms with van der Waals surface area (Å²) in [5.41, 5.74) is 6.12. The molecule has 0 atom stereocenters. The smallest absolute Gasteiger partial charge is 0.250 e. The molecule has 0 bridgehead atoms. The van der Waals surface area contributed by atoms with Crippen LogP contribution in [0.25, 0.3) is 6.08 Å². The zero-order chi connectivity index (χ0) is 11.3. The van der Waals surface area contributed by atoms with Crippen LogP contribution in [0.3, 0.4) is 0 Å². The summed E-state index contributed by atoms with van der Waals surface area (Å²) in [5, 5.41) is 0.251. The number of pyridine rings is 1. The van der Waals surface area contributed by atoms with Gasteiger partial charge in [0.1, 0.15) is 0 Å². The van der Waals surface area contributed by atoms with E-state index in [2.05, 4.69) is 4.98 Å². The van der Waals surface area contributed by atoms with Crippen LogP contribution in [-0.2, 0) is 4.74 Å². The van der Waals surface area contributed by atoms with Gasteiger partial charge in [-0.05, 0) is 30.2 Å². The molecule has 0 aromatic carbocycles. The van der Waals surface area contributed by atoms with Crippen LogP contribution >= 0.6 is 11.6 Å². The summed E-state index contributed by atoms with van der Waals surface area (Å²) in [6, 6.07) is 1.59. The number of ether oxygens (including phenoxy) is 1. The molecule has 4 nitrogen and oxygen atoms in total. The van der Waals surface area contributed by atoms with Gasteiger partial charge in [0.05, 0.1) is 12.2 Å². The maximum atomic E-state index is 10.9. The first-order valence-corrected chi connectivity index (χ1v) is 4.76. The summed E-state index contributed by atoms with van der Waals surface area (Å²) in [6.07, 6.45) is 4.53. The van der Waals surface area contributed by atoms with Crippen LogP contribution < -0.4 is 5.73 Å². The standard InChI is InChI=1S/C10H11ClN2O2/c1-2-15-9(11)4-7-3-8(10(12)14)6-13-5-7/h3-6H,2H2,1H3,(H2,12,14)/b9-4-. The second-order valence-corrected chi connectivity index (χ2v) is 3.13. The first-order chi connectivity index (χ1) is 7.13. The van der Waals surface area contributed by atoms with E-state index < -0.39 is 5.91 Å². The van der Waals surface area contributed by atoms with Crippen molar-refractivity contribution in [3.63, 3.8) is 0 Å². The summed E-state index contributed by atoms with van der Waals surface area (Å²) in [5.74, 6) is -0.523. The number of halogens is 1. The molecule has 0 saturated carbocycles. The van der Waals surface area contributed by atoms with Gasteiger partial charge in [-0.3, -0.25) is 9.78 Å². The van der Waals surface area contributed by atoms with Gasteiger partial charge in [0.15, 0.2) is 5.22 Å². The van der Waals surface area contributed by atoms with Crippen molar-refractivity contribution in [1.82, 2.24) is 4.98 Å². The molecule has 0 unspecified atom stereocenters. The third-order valence-electron chi connectivity index (χ3n) is 1.61. The molecular weight excluding hydrogens is 216 g/mol. The number of nitrogens with two attached hydrogens (primary N) is 1. The molecule has 1 aromatic rings. The van der Waals surface area contributed by atoms with E-state index >= 15 is 0 Å². The normalized spacial score (nSPS) is 11.2. The Morgan fingerprint density at radius 2 is 2.40 bits per heavy atom. The van der Waals surface area contributed by atoms with Gasteiger partial charge in [-0.25, -0.2) is 0 Å². The van der Waals surface area contributed by atoms with E-state index in [1.165, 1.54) is 6.20 Å². The molecule has 1 aromatic heterocycles. The van der Waals surface area contributed by atoms with Crippen molar-refractivity contribution in [1.29, 1.82) is 0 Å². The van der Waals surface area contributed by atoms with Crippen LogP contribution in [0.4, 0.5) is 0 Å². The second-order valence-electron chi connectivity index (χ2n) is 2.75. The Morgan fingerprint density at radius 1 is 1.67 bits per heavy atom. The fourth-order valence-electron chi connectivity index (χ4n) is 0.982. The van der Waals surface area contributed by atoms with E-state index in [1.54, 1.807) is 18.3 Å². The highest BCUT2D eigenvalue weighted by molar-refractivity contribution is 6.30. The minimum Gasteiger partial charge on any atom is -0.483 e. The first-order valence-electron chi connectivity index (χ1n) is 4.38. The van der Waals surface area contributed by atoms with Gasteiger partial charge in [-0.15, -0.1) is 0 Å². The number of amides is 1. The van der Waals surface area contributed by atoms with Crippen LogP contribution in [0.1, 0.15) is 22.8 Å². The molecule has 1 rings (SSSR count). The van der Waals surface area contributed by atoms with Crippen LogP contribution in [0.15, 0.2) is 23.7 Å². The Hall–Kier alpha value is -1.55. The number of carbonyl (C=O) groups is 1. The number of hydrogen-bond donors (Lipinski definition) is 1. The lowest BCUT2D eigenvalue weighted by Gasteiger charge is -2.00. The highest BCUT2D eigenvalue weighted by Crippen LogP contribution is 2.11. The van der Waals surface area contributed by atoms with Crippen molar-refractivity contribution in [2.24, 2.45) is 5.73 Å². The average Bonchev–Trinajstić information content (AvgIpc) is 2.18. The largest absolute Gasteiger partial charge is 0.483 e. The van der Waals surface area contributed by atoms with E-state index in [9.17, 15) is 4.79 Å². The van der Waals surface area contributed by atoms with Crippen LogP contribution in [0, 0.1) is 0 Å². The fourth-order valence-corrected chi connectivity index (χ4v) is 1.22. The summed E-state index contributed by atoms with van der Waals surface area (Å²) in [7, 11) is 0. The number of rotatable bonds is 4. The Kier molecular flexibility index (Phi) is 4.12. The van der Waals surface area contributed by atoms with E-state index in [-0.39, 0.29) is 5.22 Å². The third-order valence-corrected chi connectivity index (χ3v) is 1.82. The predicted molar refractivity (Wildman–Crippen MR) is 58.2 cm³/mol. The third kappa shape index (κ3) is 3.59. The lowest BCUT2D eigenvalue weighted by molar-refractivity contribution is 0.1000. The van der Waals surface area contributed by atoms with Crippen molar-refractivity contribution in [2.45, 2.75) is 6.92 Å². The predicted octanol–water partition coefficient (Wildman–Crippen LogP) is 1.75. The first kappa shape index (κ1) is 11.5. The zero-order valence-corrected chi connectivity index (χ0v) is 8.99. The molecule has 0 saturated heterocycles. The Morgan fingerprint density at radius 3 is 3.00 bits per heavy atom. The molecule has 0 fully saturated rings. The lowest BCUT2D eigenvalue weighted by atomic mass is 10.2. The summed E-state index contributed by atoms with van der Waals surface area (Å²) < 4.78 is 5.03. The lowest BCUT2D eigenvalue weighted by Crippen LogP contribution is -2.11. The van der Waals surface area contributed by atoms with Gasteiger partial charge in [0.25, 0.3) is 0 Å². The van der Waals surface area contributed by atoms with Crippen molar-refractivity contribution in [2.75, 3.05) is 6.61 Å². The number of nitrogens with zero attached hydrogens (tertiary/aromatic N) is 1. The van der Waals surface area contributed by atoms with E-state index in [0.717, 1.165) is 0 Å². The van der Waals surface area contributed by atoms with E-state index in [4.69, 9.17) is 22.1 Å². The average molecular weight is 227 g/mol. The summed E-state index contributed by atoms with van der Waals surface area (Å²) in [6.45, 7) is 2.31. The van der Waals surface area contributed by atoms with Crippen molar-refractivity contribution >= 4 is 23.6 Å². The van der Waals surface area contributed by atoms with E-state index in [1.807, 2.05) is 6.92 Å². The van der Waals surface area contributed by atoms with Crippen LogP contribution in [0.5, 0.6) is 0 Å². The molecule has 1 heterocycles. The second kappa shape index (κ2) is 5.36. The molecule has 0 radical (unpaired) electrons. The topological polar surface area (TPSA) is 65.2 Å². The Balaban J connectivity index is 2.91. The van der Waals surface area contributed by atoms with Gasteiger partial charge >= 0.3 is 0 Å². The fraction of sp³-hybridized carbons (Fsp3) is 0.200. The highest BCUT2D eigenvalue weighted by Gasteiger charge is 2.01. The zero-order valence-electron chi connectivity index (χ0n) is 8.24. The van der Waals surface area contributed by atoms with Crippen LogP contribution in [0.2, 0.25) is 0 Å². The molecule has 0 spiro atoms. The Bertz CT molecular complexity index is 391. The van der Waals surface area contributed by atoms with Crippen molar-refractivity contribution in [3.8, 4) is 0 Å². The number of primary amides is 1. The molecular formula is C10H11ClN2O2. The van der Waals surface area contributed by atoms with Crippen molar-refractivity contribution in [3.05, 3.63) is 34.8 Å². The minimum atomic E-state index is -0.523. The molecule has 15 heavy (non-hydrogen) atoms. The number of hydrogen-bond acceptors (Lipinski definition) is 3. The summed E-state index contributed by atoms with van der Waals surface area (Å²) >= 11 is 5.74. The van der Waals surface area contributed by atoms with Gasteiger partial charge in [-0.2, -0.15) is 0 Å². The highest BCUT2D eigenvalue weighted by atomic mass is 35.5. The number of aromatic nitrogens is 1. The quantitative estimate of drug-likeness (QED) is 0.796. The van der Waals surface area contributed by atoms with E-state index in [0.29, 0.717) is 17.7 Å². The van der Waals surface area contributed by atoms with Gasteiger partial charge in [0.2, 0.25) is 5.91 Å². The molecule has 1 amide bonds. The van der Waals surface area contributed by atoms with Gasteiger partial charge in [0, 0.05) is 18.5 Å². The monoisotopic (exact) mass is 226 g/mol. The SMILES string of the molecule is CCO/C(Cl)=C\c1cncc(C(N)=O)c1. The molecule has 0 aliphatic heterocycles. The van der Waals surface area contributed by atoms with Crippen LogP contribution in [-0.4, -0.2) is 17.5 Å². The van der Waals surface area contributed by atoms with Gasteiger partial charge < -0.3 is 10.5 Å². The molecule has 2 N–H and O–H groups in total. The minimum absolute atomic E-state index is 0.251. The Labute approximate surface area is 92.7 Å². The molecule has 5 heteroatoms. The summed E-state index contributed by atoms with van der Waals surface area (Å²) in [4.78, 5) is 14.7. The van der Waals surface area contributed by atoms with Crippen molar-refractivity contribution < 1.29 is 9.53 Å². The maximum absolute atomic E-state index is 10.9. The maximum Gasteiger partial charge on any atom is 0.250 e. The van der Waals surface area contributed by atoms with Gasteiger partial charge in [-0.1, -0.05) is 0 Å². The molecule has 0 aliphatic rings. The molecule has 0 aliphatic carbocycles. The molecule has 80 valence electrons. The number of carbonyl (C=O) groups excluding carboxylic acids is 1.